The number of rotatable bonds is 4. The normalized spacial score (nSPS) is 10.7. The number of amides is 1. The molecule has 0 bridgehead atoms. The van der Waals surface area contributed by atoms with Crippen molar-refractivity contribution in [3.8, 4) is 11.1 Å². The molecule has 1 heterocycles. The molecule has 0 aliphatic rings. The second-order valence-electron chi connectivity index (χ2n) is 5.84. The fourth-order valence-corrected chi connectivity index (χ4v) is 3.17. The summed E-state index contributed by atoms with van der Waals surface area (Å²) >= 11 is 6.11. The largest absolute Gasteiger partial charge is 0.465 e. The summed E-state index contributed by atoms with van der Waals surface area (Å²) in [5.41, 5.74) is 0.922. The first-order valence-electron chi connectivity index (χ1n) is 7.82. The van der Waals surface area contributed by atoms with Gasteiger partial charge in [0.05, 0.1) is 11.5 Å². The van der Waals surface area contributed by atoms with Crippen LogP contribution in [0.2, 0.25) is 5.02 Å². The van der Waals surface area contributed by atoms with Gasteiger partial charge >= 0.3 is 6.09 Å². The van der Waals surface area contributed by atoms with Crippen LogP contribution in [0.3, 0.4) is 0 Å². The van der Waals surface area contributed by atoms with Crippen LogP contribution < -0.4 is 10.9 Å². The van der Waals surface area contributed by atoms with Crippen molar-refractivity contribution in [1.82, 2.24) is 9.88 Å². The molecule has 0 spiro atoms. The Hall–Kier alpha value is -3.39. The third-order valence-corrected chi connectivity index (χ3v) is 4.47. The maximum atomic E-state index is 12.7. The number of non-ortho nitro benzene ring substituents is 1. The van der Waals surface area contributed by atoms with Crippen molar-refractivity contribution >= 4 is 34.2 Å². The van der Waals surface area contributed by atoms with Crippen LogP contribution in [0.5, 0.6) is 0 Å². The molecule has 27 heavy (non-hydrogen) atoms. The minimum Gasteiger partial charge on any atom is -0.465 e. The van der Waals surface area contributed by atoms with Gasteiger partial charge in [0.2, 0.25) is 0 Å². The third kappa shape index (κ3) is 3.47. The molecule has 0 aliphatic carbocycles. The maximum absolute atomic E-state index is 12.7. The number of benzene rings is 2. The molecule has 0 unspecified atom stereocenters. The van der Waals surface area contributed by atoms with E-state index in [1.54, 1.807) is 24.3 Å². The predicted octanol–water partition coefficient (Wildman–Crippen LogP) is 3.53. The highest BCUT2D eigenvalue weighted by Gasteiger charge is 2.19. The summed E-state index contributed by atoms with van der Waals surface area (Å²) in [6.07, 6.45) is -1.25. The number of aromatic nitrogens is 1. The van der Waals surface area contributed by atoms with Gasteiger partial charge in [-0.2, -0.15) is 0 Å². The smallest absolute Gasteiger partial charge is 0.404 e. The topological polar surface area (TPSA) is 114 Å². The van der Waals surface area contributed by atoms with Crippen molar-refractivity contribution in [2.45, 2.75) is 6.54 Å². The molecule has 2 aromatic carbocycles. The number of nitro groups is 1. The Kier molecular flexibility index (Phi) is 4.83. The van der Waals surface area contributed by atoms with Crippen LogP contribution in [0.25, 0.3) is 21.9 Å². The van der Waals surface area contributed by atoms with E-state index in [4.69, 9.17) is 16.7 Å². The number of hydrogen-bond acceptors (Lipinski definition) is 4. The SMILES string of the molecule is Cn1c(CNC(=O)O)c(-c2cccc([N+](=O)[O-])c2)c2cc(Cl)ccc2c1=O. The molecule has 8 nitrogen and oxygen atoms in total. The number of halogens is 1. The molecule has 9 heteroatoms. The summed E-state index contributed by atoms with van der Waals surface area (Å²) < 4.78 is 1.33. The molecule has 0 fully saturated rings. The molecule has 3 aromatic rings. The molecular weight excluding hydrogens is 374 g/mol. The molecule has 1 amide bonds. The number of nitrogens with one attached hydrogen (secondary N) is 1. The first-order chi connectivity index (χ1) is 12.8. The number of hydrogen-bond donors (Lipinski definition) is 2. The van der Waals surface area contributed by atoms with Crippen molar-refractivity contribution in [3.63, 3.8) is 0 Å². The number of carbonyl (C=O) groups is 1. The van der Waals surface area contributed by atoms with E-state index in [9.17, 15) is 19.7 Å². The quantitative estimate of drug-likeness (QED) is 0.525. The molecule has 1 aromatic heterocycles. The highest BCUT2D eigenvalue weighted by atomic mass is 35.5. The minimum absolute atomic E-state index is 0.117. The van der Waals surface area contributed by atoms with Crippen molar-refractivity contribution in [2.75, 3.05) is 0 Å². The molecule has 138 valence electrons. The Morgan fingerprint density at radius 2 is 2.00 bits per heavy atom. The van der Waals surface area contributed by atoms with Gasteiger partial charge in [0.15, 0.2) is 0 Å². The first kappa shape index (κ1) is 18.4. The zero-order valence-corrected chi connectivity index (χ0v) is 14.9. The summed E-state index contributed by atoms with van der Waals surface area (Å²) in [6, 6.07) is 10.7. The Bertz CT molecular complexity index is 1140. The van der Waals surface area contributed by atoms with E-state index in [0.29, 0.717) is 32.6 Å². The highest BCUT2D eigenvalue weighted by molar-refractivity contribution is 6.31. The first-order valence-corrected chi connectivity index (χ1v) is 8.20. The summed E-state index contributed by atoms with van der Waals surface area (Å²) in [7, 11) is 1.52. The lowest BCUT2D eigenvalue weighted by Crippen LogP contribution is -2.28. The molecular formula is C18H14ClN3O5. The van der Waals surface area contributed by atoms with E-state index in [0.717, 1.165) is 0 Å². The maximum Gasteiger partial charge on any atom is 0.404 e. The Morgan fingerprint density at radius 1 is 1.26 bits per heavy atom. The lowest BCUT2D eigenvalue weighted by Gasteiger charge is -2.17. The zero-order valence-electron chi connectivity index (χ0n) is 14.1. The number of nitro benzene ring substituents is 1. The number of fused-ring (bicyclic) bond motifs is 1. The average Bonchev–Trinajstić information content (AvgIpc) is 2.63. The average molecular weight is 388 g/mol. The van der Waals surface area contributed by atoms with Crippen LogP contribution >= 0.6 is 11.6 Å². The summed E-state index contributed by atoms with van der Waals surface area (Å²) in [5.74, 6) is 0. The van der Waals surface area contributed by atoms with Crippen molar-refractivity contribution < 1.29 is 14.8 Å². The van der Waals surface area contributed by atoms with Crippen LogP contribution in [0.4, 0.5) is 10.5 Å². The van der Waals surface area contributed by atoms with Crippen molar-refractivity contribution in [1.29, 1.82) is 0 Å². The molecule has 0 saturated heterocycles. The van der Waals surface area contributed by atoms with Crippen LogP contribution in [-0.4, -0.2) is 20.7 Å². The summed E-state index contributed by atoms with van der Waals surface area (Å²) in [6.45, 7) is -0.151. The number of carboxylic acid groups (broad SMARTS) is 1. The predicted molar refractivity (Wildman–Crippen MR) is 101 cm³/mol. The second kappa shape index (κ2) is 7.08. The van der Waals surface area contributed by atoms with Gasteiger partial charge in [-0.3, -0.25) is 14.9 Å². The van der Waals surface area contributed by atoms with Crippen LogP contribution in [-0.2, 0) is 13.6 Å². The molecule has 0 radical (unpaired) electrons. The van der Waals surface area contributed by atoms with Gasteiger partial charge in [0.1, 0.15) is 0 Å². The standard InChI is InChI=1S/C18H14ClN3O5/c1-21-15(9-20-18(24)25)16(10-3-2-4-12(7-10)22(26)27)14-8-11(19)5-6-13(14)17(21)23/h2-8,20H,9H2,1H3,(H,24,25). The Labute approximate surface area is 157 Å². The van der Waals surface area contributed by atoms with E-state index in [2.05, 4.69) is 5.32 Å². The van der Waals surface area contributed by atoms with E-state index < -0.39 is 11.0 Å². The van der Waals surface area contributed by atoms with Gasteiger partial charge in [-0.1, -0.05) is 23.7 Å². The molecule has 0 saturated carbocycles. The van der Waals surface area contributed by atoms with Gasteiger partial charge in [-0.15, -0.1) is 0 Å². The third-order valence-electron chi connectivity index (χ3n) is 4.23. The number of pyridine rings is 1. The van der Waals surface area contributed by atoms with Gasteiger partial charge < -0.3 is 15.0 Å². The van der Waals surface area contributed by atoms with E-state index in [1.165, 1.54) is 29.8 Å². The molecule has 0 atom stereocenters. The van der Waals surface area contributed by atoms with Gasteiger partial charge in [0, 0.05) is 40.8 Å². The zero-order chi connectivity index (χ0) is 19.7. The summed E-state index contributed by atoms with van der Waals surface area (Å²) in [4.78, 5) is 34.3. The van der Waals surface area contributed by atoms with E-state index in [-0.39, 0.29) is 17.8 Å². The fourth-order valence-electron chi connectivity index (χ4n) is 3.00. The lowest BCUT2D eigenvalue weighted by atomic mass is 9.96. The Morgan fingerprint density at radius 3 is 2.67 bits per heavy atom. The van der Waals surface area contributed by atoms with E-state index >= 15 is 0 Å². The van der Waals surface area contributed by atoms with Crippen molar-refractivity contribution in [3.05, 3.63) is 73.6 Å². The lowest BCUT2D eigenvalue weighted by molar-refractivity contribution is -0.384. The molecule has 0 aliphatic heterocycles. The van der Waals surface area contributed by atoms with Gasteiger partial charge in [0.25, 0.3) is 11.2 Å². The van der Waals surface area contributed by atoms with Crippen LogP contribution in [0.15, 0.2) is 47.3 Å². The number of nitrogens with zero attached hydrogens (tertiary/aromatic N) is 2. The van der Waals surface area contributed by atoms with E-state index in [1.807, 2.05) is 0 Å². The van der Waals surface area contributed by atoms with Crippen molar-refractivity contribution in [2.24, 2.45) is 7.05 Å². The monoisotopic (exact) mass is 387 g/mol. The molecule has 3 rings (SSSR count). The van der Waals surface area contributed by atoms with Crippen LogP contribution in [0.1, 0.15) is 5.69 Å². The summed E-state index contributed by atoms with van der Waals surface area (Å²) in [5, 5.41) is 23.6. The molecule has 2 N–H and O–H groups in total. The highest BCUT2D eigenvalue weighted by Crippen LogP contribution is 2.33. The fraction of sp³-hybridized carbons (Fsp3) is 0.111. The van der Waals surface area contributed by atoms with Gasteiger partial charge in [-0.05, 0) is 29.1 Å². The second-order valence-corrected chi connectivity index (χ2v) is 6.28. The Balaban J connectivity index is 2.41. The minimum atomic E-state index is -1.25. The van der Waals surface area contributed by atoms with Gasteiger partial charge in [-0.25, -0.2) is 4.79 Å². The van der Waals surface area contributed by atoms with Crippen LogP contribution in [0, 0.1) is 10.1 Å².